The number of fused-ring (bicyclic) bond motifs is 2. The van der Waals surface area contributed by atoms with E-state index in [-0.39, 0.29) is 0 Å². The van der Waals surface area contributed by atoms with Crippen molar-refractivity contribution in [3.63, 3.8) is 0 Å². The Morgan fingerprint density at radius 2 is 1.24 bits per heavy atom. The van der Waals surface area contributed by atoms with Crippen molar-refractivity contribution in [1.29, 1.82) is 0 Å². The SMILES string of the molecule is c1cc2c(cc1CN(CCN1CCCCC1)Cc1ccc3c(c1)OCO3)OCO2. The lowest BCUT2D eigenvalue weighted by atomic mass is 10.1. The smallest absolute Gasteiger partial charge is 0.231 e. The third-order valence-corrected chi connectivity index (χ3v) is 5.87. The van der Waals surface area contributed by atoms with Crippen LogP contribution >= 0.6 is 0 Å². The fourth-order valence-electron chi connectivity index (χ4n) is 4.27. The Kier molecular flexibility index (Phi) is 5.45. The van der Waals surface area contributed by atoms with Gasteiger partial charge in [0, 0.05) is 26.2 Å². The number of hydrogen-bond acceptors (Lipinski definition) is 6. The molecule has 6 nitrogen and oxygen atoms in total. The van der Waals surface area contributed by atoms with E-state index in [9.17, 15) is 0 Å². The van der Waals surface area contributed by atoms with Gasteiger partial charge in [-0.1, -0.05) is 18.6 Å². The maximum Gasteiger partial charge on any atom is 0.231 e. The van der Waals surface area contributed by atoms with E-state index in [1.807, 2.05) is 12.1 Å². The lowest BCUT2D eigenvalue weighted by Gasteiger charge is -2.30. The van der Waals surface area contributed by atoms with Gasteiger partial charge < -0.3 is 23.8 Å². The van der Waals surface area contributed by atoms with E-state index in [2.05, 4.69) is 34.1 Å². The van der Waals surface area contributed by atoms with Gasteiger partial charge in [0.15, 0.2) is 23.0 Å². The second kappa shape index (κ2) is 8.51. The van der Waals surface area contributed by atoms with Gasteiger partial charge in [0.2, 0.25) is 13.6 Å². The molecule has 5 rings (SSSR count). The van der Waals surface area contributed by atoms with Crippen molar-refractivity contribution in [2.75, 3.05) is 39.8 Å². The molecular weight excluding hydrogens is 368 g/mol. The van der Waals surface area contributed by atoms with E-state index >= 15 is 0 Å². The van der Waals surface area contributed by atoms with Gasteiger partial charge in [0.1, 0.15) is 0 Å². The van der Waals surface area contributed by atoms with Gasteiger partial charge in [0.05, 0.1) is 0 Å². The van der Waals surface area contributed by atoms with Gasteiger partial charge >= 0.3 is 0 Å². The van der Waals surface area contributed by atoms with Crippen LogP contribution in [0.15, 0.2) is 36.4 Å². The standard InChI is InChI=1S/C23H28N2O4/c1-2-8-24(9-3-1)10-11-25(14-18-4-6-20-22(12-18)28-16-26-20)15-19-5-7-21-23(13-19)29-17-27-21/h4-7,12-13H,1-3,8-11,14-17H2. The number of ether oxygens (including phenoxy) is 4. The topological polar surface area (TPSA) is 43.4 Å². The van der Waals surface area contributed by atoms with Crippen LogP contribution in [-0.4, -0.2) is 49.6 Å². The summed E-state index contributed by atoms with van der Waals surface area (Å²) in [6.07, 6.45) is 4.02. The van der Waals surface area contributed by atoms with E-state index in [4.69, 9.17) is 18.9 Å². The van der Waals surface area contributed by atoms with Gasteiger partial charge in [-0.25, -0.2) is 0 Å². The van der Waals surface area contributed by atoms with Crippen LogP contribution in [0.25, 0.3) is 0 Å². The predicted octanol–water partition coefficient (Wildman–Crippen LogP) is 3.63. The summed E-state index contributed by atoms with van der Waals surface area (Å²) in [6, 6.07) is 12.5. The van der Waals surface area contributed by atoms with E-state index in [0.717, 1.165) is 49.2 Å². The molecular formula is C23H28N2O4. The summed E-state index contributed by atoms with van der Waals surface area (Å²) >= 11 is 0. The molecule has 3 heterocycles. The van der Waals surface area contributed by atoms with Crippen LogP contribution in [0.5, 0.6) is 23.0 Å². The molecule has 2 aromatic rings. The summed E-state index contributed by atoms with van der Waals surface area (Å²) in [5.41, 5.74) is 2.49. The molecule has 3 aliphatic heterocycles. The van der Waals surface area contributed by atoms with Crippen LogP contribution in [0, 0.1) is 0 Å². The van der Waals surface area contributed by atoms with Gasteiger partial charge in [-0.2, -0.15) is 0 Å². The Morgan fingerprint density at radius 1 is 0.690 bits per heavy atom. The van der Waals surface area contributed by atoms with Gasteiger partial charge in [0.25, 0.3) is 0 Å². The molecule has 0 N–H and O–H groups in total. The Labute approximate surface area is 171 Å². The van der Waals surface area contributed by atoms with Crippen molar-refractivity contribution in [3.8, 4) is 23.0 Å². The highest BCUT2D eigenvalue weighted by Gasteiger charge is 2.18. The Hall–Kier alpha value is -2.44. The molecule has 3 aliphatic rings. The summed E-state index contributed by atoms with van der Waals surface area (Å²) in [7, 11) is 0. The third-order valence-electron chi connectivity index (χ3n) is 5.87. The first-order valence-electron chi connectivity index (χ1n) is 10.6. The molecule has 0 aliphatic carbocycles. The molecule has 2 aromatic carbocycles. The molecule has 0 amide bonds. The summed E-state index contributed by atoms with van der Waals surface area (Å²) in [4.78, 5) is 5.10. The van der Waals surface area contributed by atoms with Crippen molar-refractivity contribution in [2.45, 2.75) is 32.4 Å². The van der Waals surface area contributed by atoms with E-state index in [1.54, 1.807) is 0 Å². The Balaban J connectivity index is 1.29. The minimum atomic E-state index is 0.314. The minimum absolute atomic E-state index is 0.314. The second-order valence-corrected chi connectivity index (χ2v) is 7.99. The van der Waals surface area contributed by atoms with Crippen LogP contribution in [0.1, 0.15) is 30.4 Å². The zero-order valence-electron chi connectivity index (χ0n) is 16.8. The van der Waals surface area contributed by atoms with E-state index in [0.29, 0.717) is 13.6 Å². The number of piperidine rings is 1. The largest absolute Gasteiger partial charge is 0.454 e. The predicted molar refractivity (Wildman–Crippen MR) is 110 cm³/mol. The fraction of sp³-hybridized carbons (Fsp3) is 0.478. The highest BCUT2D eigenvalue weighted by Crippen LogP contribution is 2.34. The minimum Gasteiger partial charge on any atom is -0.454 e. The zero-order valence-corrected chi connectivity index (χ0v) is 16.8. The maximum atomic E-state index is 5.57. The average molecular weight is 396 g/mol. The quantitative estimate of drug-likeness (QED) is 0.712. The fourth-order valence-corrected chi connectivity index (χ4v) is 4.27. The van der Waals surface area contributed by atoms with Gasteiger partial charge in [-0.05, 0) is 61.3 Å². The first-order chi connectivity index (χ1) is 14.3. The highest BCUT2D eigenvalue weighted by molar-refractivity contribution is 5.45. The molecule has 0 atom stereocenters. The lowest BCUT2D eigenvalue weighted by Crippen LogP contribution is -2.37. The molecule has 0 saturated carbocycles. The number of benzene rings is 2. The van der Waals surface area contributed by atoms with Crippen LogP contribution in [0.3, 0.4) is 0 Å². The molecule has 0 aromatic heterocycles. The van der Waals surface area contributed by atoms with E-state index < -0.39 is 0 Å². The number of likely N-dealkylation sites (tertiary alicyclic amines) is 1. The normalized spacial score (nSPS) is 17.8. The molecule has 1 saturated heterocycles. The van der Waals surface area contributed by atoms with Crippen molar-refractivity contribution in [2.24, 2.45) is 0 Å². The Morgan fingerprint density at radius 3 is 1.83 bits per heavy atom. The average Bonchev–Trinajstić information content (AvgIpc) is 3.41. The van der Waals surface area contributed by atoms with Gasteiger partial charge in [-0.15, -0.1) is 0 Å². The van der Waals surface area contributed by atoms with Crippen LogP contribution in [-0.2, 0) is 13.1 Å². The molecule has 0 bridgehead atoms. The van der Waals surface area contributed by atoms with Crippen LogP contribution < -0.4 is 18.9 Å². The third kappa shape index (κ3) is 4.43. The number of hydrogen-bond donors (Lipinski definition) is 0. The second-order valence-electron chi connectivity index (χ2n) is 7.99. The summed E-state index contributed by atoms with van der Waals surface area (Å²) in [5.74, 6) is 3.37. The first-order valence-corrected chi connectivity index (χ1v) is 10.6. The maximum absolute atomic E-state index is 5.57. The van der Waals surface area contributed by atoms with Crippen LogP contribution in [0.2, 0.25) is 0 Å². The van der Waals surface area contributed by atoms with E-state index in [1.165, 1.54) is 43.5 Å². The summed E-state index contributed by atoms with van der Waals surface area (Å²) < 4.78 is 22.0. The van der Waals surface area contributed by atoms with Crippen molar-refractivity contribution in [1.82, 2.24) is 9.80 Å². The monoisotopic (exact) mass is 396 g/mol. The number of rotatable bonds is 7. The number of nitrogens with zero attached hydrogens (tertiary/aromatic N) is 2. The molecule has 154 valence electrons. The van der Waals surface area contributed by atoms with Crippen molar-refractivity contribution in [3.05, 3.63) is 47.5 Å². The van der Waals surface area contributed by atoms with Crippen molar-refractivity contribution < 1.29 is 18.9 Å². The molecule has 0 unspecified atom stereocenters. The molecule has 0 spiro atoms. The lowest BCUT2D eigenvalue weighted by molar-refractivity contribution is 0.171. The molecule has 0 radical (unpaired) electrons. The highest BCUT2D eigenvalue weighted by atomic mass is 16.7. The molecule has 29 heavy (non-hydrogen) atoms. The first kappa shape index (κ1) is 18.6. The zero-order chi connectivity index (χ0) is 19.5. The van der Waals surface area contributed by atoms with Crippen molar-refractivity contribution >= 4 is 0 Å². The molecule has 6 heteroatoms. The molecule has 1 fully saturated rings. The Bertz CT molecular complexity index is 791. The van der Waals surface area contributed by atoms with Gasteiger partial charge in [-0.3, -0.25) is 4.90 Å². The summed E-state index contributed by atoms with van der Waals surface area (Å²) in [5, 5.41) is 0. The van der Waals surface area contributed by atoms with Crippen LogP contribution in [0.4, 0.5) is 0 Å². The summed E-state index contributed by atoms with van der Waals surface area (Å²) in [6.45, 7) is 6.96.